The molecule has 0 unspecified atom stereocenters. The summed E-state index contributed by atoms with van der Waals surface area (Å²) in [5.74, 6) is 0. The van der Waals surface area contributed by atoms with Crippen molar-refractivity contribution in [1.29, 1.82) is 0 Å². The summed E-state index contributed by atoms with van der Waals surface area (Å²) < 4.78 is 0. The van der Waals surface area contributed by atoms with E-state index in [9.17, 15) is 0 Å². The molecule has 0 atom stereocenters. The Morgan fingerprint density at radius 1 is 0.340 bits per heavy atom. The first-order chi connectivity index (χ1) is 24.7. The monoisotopic (exact) mass is 654 g/mol. The standard InChI is InChI=1S/C50H54/c1-3-5-7-9-11-19-25-39-31-43-44(32-40(39)26-20-12-10-8-6-4-2)48-36-50-46-34-42(30-28-38-23-17-14-18-24-38)41(29-27-37-21-15-13-16-22-37)33-45(46)49(50)35-47(43)48/h13-18,21-24,27-36H,3-12,19-20,25-26H2,1-2H3/b29-27+,30-28+. The first kappa shape index (κ1) is 34.0. The SMILES string of the molecule is CCCCCCCCc1cc2c(cc1CCCCCCCC)c1cc3c4cc(/C=C/c5ccccc5)c(/C=C/c5ccccc5)cc4c3cc21. The van der Waals surface area contributed by atoms with Crippen molar-refractivity contribution in [2.24, 2.45) is 0 Å². The van der Waals surface area contributed by atoms with E-state index >= 15 is 0 Å². The van der Waals surface area contributed by atoms with Crippen molar-refractivity contribution >= 4 is 67.4 Å². The second-order valence-electron chi connectivity index (χ2n) is 14.7. The molecule has 0 saturated carbocycles. The molecular formula is C50H54. The second kappa shape index (κ2) is 16.5. The van der Waals surface area contributed by atoms with Crippen LogP contribution >= 0.6 is 0 Å². The fourth-order valence-corrected chi connectivity index (χ4v) is 8.03. The maximum Gasteiger partial charge on any atom is -0.00921 e. The highest BCUT2D eigenvalue weighted by Gasteiger charge is 2.19. The third-order valence-corrected chi connectivity index (χ3v) is 11.0. The summed E-state index contributed by atoms with van der Waals surface area (Å²) >= 11 is 0. The first-order valence-corrected chi connectivity index (χ1v) is 19.7. The number of rotatable bonds is 18. The number of fused-ring (bicyclic) bond motifs is 8. The lowest BCUT2D eigenvalue weighted by Gasteiger charge is -2.21. The Labute approximate surface area is 300 Å². The average molecular weight is 655 g/mol. The van der Waals surface area contributed by atoms with E-state index in [2.05, 4.69) is 135 Å². The van der Waals surface area contributed by atoms with E-state index in [0.717, 1.165) is 0 Å². The van der Waals surface area contributed by atoms with E-state index in [-0.39, 0.29) is 0 Å². The molecule has 0 N–H and O–H groups in total. The maximum atomic E-state index is 2.59. The van der Waals surface area contributed by atoms with Crippen molar-refractivity contribution in [1.82, 2.24) is 0 Å². The quantitative estimate of drug-likeness (QED) is 0.0638. The van der Waals surface area contributed by atoms with Gasteiger partial charge in [-0.05, 0) is 126 Å². The van der Waals surface area contributed by atoms with Crippen LogP contribution in [0.3, 0.4) is 0 Å². The molecule has 0 fully saturated rings. The zero-order chi connectivity index (χ0) is 34.1. The summed E-state index contributed by atoms with van der Waals surface area (Å²) in [5, 5.41) is 11.5. The van der Waals surface area contributed by atoms with E-state index in [4.69, 9.17) is 0 Å². The van der Waals surface area contributed by atoms with Gasteiger partial charge in [-0.25, -0.2) is 0 Å². The highest BCUT2D eigenvalue weighted by Crippen LogP contribution is 2.46. The lowest BCUT2D eigenvalue weighted by Crippen LogP contribution is -1.99. The molecule has 7 aromatic carbocycles. The molecule has 0 saturated heterocycles. The predicted molar refractivity (Wildman–Crippen MR) is 224 cm³/mol. The Bertz CT molecular complexity index is 2010. The Morgan fingerprint density at radius 3 is 1.08 bits per heavy atom. The number of aryl methyl sites for hydroxylation is 2. The van der Waals surface area contributed by atoms with Gasteiger partial charge in [-0.2, -0.15) is 0 Å². The molecule has 254 valence electrons. The minimum atomic E-state index is 1.22. The van der Waals surface area contributed by atoms with Crippen molar-refractivity contribution in [2.45, 2.75) is 104 Å². The van der Waals surface area contributed by atoms with Crippen molar-refractivity contribution in [2.75, 3.05) is 0 Å². The number of hydrogen-bond acceptors (Lipinski definition) is 0. The van der Waals surface area contributed by atoms with E-state index in [1.807, 2.05) is 0 Å². The van der Waals surface area contributed by atoms with Gasteiger partial charge in [0.05, 0.1) is 0 Å². The van der Waals surface area contributed by atoms with E-state index in [1.165, 1.54) is 155 Å². The Morgan fingerprint density at radius 2 is 0.680 bits per heavy atom. The van der Waals surface area contributed by atoms with Gasteiger partial charge < -0.3 is 0 Å². The summed E-state index contributed by atoms with van der Waals surface area (Å²) in [6, 6.07) is 36.3. The number of benzene rings is 5. The van der Waals surface area contributed by atoms with Gasteiger partial charge in [-0.3, -0.25) is 0 Å². The third-order valence-electron chi connectivity index (χ3n) is 11.0. The Hall–Kier alpha value is -4.42. The van der Waals surface area contributed by atoms with E-state index in [0.29, 0.717) is 0 Å². The lowest BCUT2D eigenvalue weighted by molar-refractivity contribution is 0.599. The predicted octanol–water partition coefficient (Wildman–Crippen LogP) is 15.3. The molecule has 7 aromatic rings. The fourth-order valence-electron chi connectivity index (χ4n) is 8.03. The third kappa shape index (κ3) is 7.66. The van der Waals surface area contributed by atoms with Gasteiger partial charge in [0, 0.05) is 0 Å². The molecule has 0 aliphatic heterocycles. The fraction of sp³-hybridized carbons (Fsp3) is 0.320. The van der Waals surface area contributed by atoms with Crippen LogP contribution in [0.15, 0.2) is 97.1 Å². The average Bonchev–Trinajstić information content (AvgIpc) is 3.15. The zero-order valence-electron chi connectivity index (χ0n) is 30.4. The molecule has 0 radical (unpaired) electrons. The first-order valence-electron chi connectivity index (χ1n) is 19.7. The summed E-state index contributed by atoms with van der Waals surface area (Å²) in [7, 11) is 0. The molecule has 0 heteroatoms. The molecule has 0 aliphatic carbocycles. The summed E-state index contributed by atoms with van der Waals surface area (Å²) in [6.45, 7) is 4.62. The van der Waals surface area contributed by atoms with Gasteiger partial charge >= 0.3 is 0 Å². The molecule has 0 amide bonds. The normalized spacial score (nSPS) is 12.4. The number of hydrogen-bond donors (Lipinski definition) is 0. The smallest absolute Gasteiger partial charge is 0.00921 e. The van der Waals surface area contributed by atoms with Crippen molar-refractivity contribution in [3.63, 3.8) is 0 Å². The van der Waals surface area contributed by atoms with Crippen LogP contribution in [0.25, 0.3) is 67.4 Å². The van der Waals surface area contributed by atoms with Crippen LogP contribution in [-0.4, -0.2) is 0 Å². The summed E-state index contributed by atoms with van der Waals surface area (Å²) in [6.07, 6.45) is 27.8. The maximum absolute atomic E-state index is 2.59. The molecule has 0 heterocycles. The minimum absolute atomic E-state index is 1.22. The Balaban J connectivity index is 1.23. The van der Waals surface area contributed by atoms with Gasteiger partial charge in [-0.15, -0.1) is 0 Å². The molecule has 50 heavy (non-hydrogen) atoms. The van der Waals surface area contributed by atoms with Gasteiger partial charge in [0.25, 0.3) is 0 Å². The van der Waals surface area contributed by atoms with Crippen LogP contribution in [0.1, 0.15) is 124 Å². The molecule has 0 aromatic heterocycles. The summed E-state index contributed by atoms with van der Waals surface area (Å²) in [4.78, 5) is 0. The number of unbranched alkanes of at least 4 members (excludes halogenated alkanes) is 10. The van der Waals surface area contributed by atoms with Crippen LogP contribution in [0.4, 0.5) is 0 Å². The second-order valence-corrected chi connectivity index (χ2v) is 14.7. The van der Waals surface area contributed by atoms with Gasteiger partial charge in [-0.1, -0.05) is 175 Å². The van der Waals surface area contributed by atoms with Crippen molar-refractivity contribution in [3.8, 4) is 0 Å². The van der Waals surface area contributed by atoms with Crippen molar-refractivity contribution < 1.29 is 0 Å². The molecular weight excluding hydrogens is 601 g/mol. The largest absolute Gasteiger partial charge is 0.0654 e. The highest BCUT2D eigenvalue weighted by atomic mass is 14.2. The van der Waals surface area contributed by atoms with Gasteiger partial charge in [0.2, 0.25) is 0 Å². The van der Waals surface area contributed by atoms with Gasteiger partial charge in [0.15, 0.2) is 0 Å². The minimum Gasteiger partial charge on any atom is -0.0654 e. The van der Waals surface area contributed by atoms with Gasteiger partial charge in [0.1, 0.15) is 0 Å². The Kier molecular flexibility index (Phi) is 11.3. The zero-order valence-corrected chi connectivity index (χ0v) is 30.4. The van der Waals surface area contributed by atoms with Crippen LogP contribution in [0, 0.1) is 0 Å². The molecule has 0 aliphatic rings. The van der Waals surface area contributed by atoms with Crippen LogP contribution < -0.4 is 0 Å². The molecule has 7 rings (SSSR count). The topological polar surface area (TPSA) is 0 Å². The van der Waals surface area contributed by atoms with Crippen molar-refractivity contribution in [3.05, 3.63) is 130 Å². The van der Waals surface area contributed by atoms with Crippen LogP contribution in [0.5, 0.6) is 0 Å². The lowest BCUT2D eigenvalue weighted by atomic mass is 9.82. The van der Waals surface area contributed by atoms with E-state index < -0.39 is 0 Å². The highest BCUT2D eigenvalue weighted by molar-refractivity contribution is 6.35. The molecule has 0 spiro atoms. The van der Waals surface area contributed by atoms with Crippen LogP contribution in [-0.2, 0) is 12.8 Å². The van der Waals surface area contributed by atoms with Crippen LogP contribution in [0.2, 0.25) is 0 Å². The van der Waals surface area contributed by atoms with E-state index in [1.54, 1.807) is 11.1 Å². The molecule has 0 nitrogen and oxygen atoms in total. The summed E-state index contributed by atoms with van der Waals surface area (Å²) in [5.41, 5.74) is 8.19. The molecule has 0 bridgehead atoms.